The van der Waals surface area contributed by atoms with E-state index in [9.17, 15) is 9.00 Å². The Labute approximate surface area is 154 Å². The number of rotatable bonds is 8. The molecule has 1 unspecified atom stereocenters. The Kier molecular flexibility index (Phi) is 6.02. The van der Waals surface area contributed by atoms with Gasteiger partial charge in [0.15, 0.2) is 0 Å². The van der Waals surface area contributed by atoms with Gasteiger partial charge < -0.3 is 9.84 Å². The van der Waals surface area contributed by atoms with Gasteiger partial charge in [0.25, 0.3) is 0 Å². The first-order valence-corrected chi connectivity index (χ1v) is 9.90. The highest BCUT2D eigenvalue weighted by atomic mass is 32.2. The van der Waals surface area contributed by atoms with E-state index in [2.05, 4.69) is 18.2 Å². The summed E-state index contributed by atoms with van der Waals surface area (Å²) >= 11 is 0. The quantitative estimate of drug-likeness (QED) is 0.604. The molecule has 0 saturated carbocycles. The zero-order chi connectivity index (χ0) is 18.4. The summed E-state index contributed by atoms with van der Waals surface area (Å²) in [5.74, 6) is 0.765. The van der Waals surface area contributed by atoms with Crippen LogP contribution in [0.2, 0.25) is 0 Å². The highest BCUT2D eigenvalue weighted by Crippen LogP contribution is 2.20. The van der Waals surface area contributed by atoms with Crippen LogP contribution in [0.5, 0.6) is 5.75 Å². The average molecular weight is 368 g/mol. The highest BCUT2D eigenvalue weighted by molar-refractivity contribution is 7.84. The van der Waals surface area contributed by atoms with E-state index in [0.717, 1.165) is 16.3 Å². The van der Waals surface area contributed by atoms with Crippen LogP contribution in [0.1, 0.15) is 22.3 Å². The smallest absolute Gasteiger partial charge is 0.335 e. The van der Waals surface area contributed by atoms with Crippen molar-refractivity contribution in [3.63, 3.8) is 0 Å². The van der Waals surface area contributed by atoms with Crippen LogP contribution >= 0.6 is 0 Å². The first-order valence-electron chi connectivity index (χ1n) is 8.41. The van der Waals surface area contributed by atoms with Gasteiger partial charge in [0.05, 0.1) is 12.2 Å². The predicted molar refractivity (Wildman–Crippen MR) is 104 cm³/mol. The Balaban J connectivity index is 1.47. The zero-order valence-electron chi connectivity index (χ0n) is 14.3. The first kappa shape index (κ1) is 18.1. The second kappa shape index (κ2) is 8.63. The minimum atomic E-state index is -0.958. The molecule has 3 aromatic rings. The lowest BCUT2D eigenvalue weighted by Crippen LogP contribution is -2.07. The van der Waals surface area contributed by atoms with Gasteiger partial charge in [-0.3, -0.25) is 4.21 Å². The van der Waals surface area contributed by atoms with E-state index in [4.69, 9.17) is 9.84 Å². The molecule has 0 aliphatic rings. The summed E-state index contributed by atoms with van der Waals surface area (Å²) in [6.45, 7) is 0.452. The van der Waals surface area contributed by atoms with E-state index >= 15 is 0 Å². The molecule has 0 aromatic heterocycles. The summed E-state index contributed by atoms with van der Waals surface area (Å²) in [6.07, 6.45) is 0.679. The van der Waals surface area contributed by atoms with Gasteiger partial charge >= 0.3 is 5.97 Å². The second-order valence-corrected chi connectivity index (χ2v) is 7.53. The molecule has 3 aromatic carbocycles. The van der Waals surface area contributed by atoms with Gasteiger partial charge in [-0.15, -0.1) is 0 Å². The number of carbonyl (C=O) groups is 1. The SMILES string of the molecule is O=C(O)c1ccc(OCCCS(=O)Cc2cccc3ccccc23)cc1. The van der Waals surface area contributed by atoms with Crippen molar-refractivity contribution < 1.29 is 18.8 Å². The maximum atomic E-state index is 12.4. The third-order valence-corrected chi connectivity index (χ3v) is 5.46. The van der Waals surface area contributed by atoms with Crippen molar-refractivity contribution >= 4 is 27.5 Å². The monoisotopic (exact) mass is 368 g/mol. The van der Waals surface area contributed by atoms with Crippen molar-refractivity contribution in [2.75, 3.05) is 12.4 Å². The molecule has 1 N–H and O–H groups in total. The Morgan fingerprint density at radius 2 is 1.69 bits per heavy atom. The highest BCUT2D eigenvalue weighted by Gasteiger charge is 2.06. The number of ether oxygens (including phenoxy) is 1. The zero-order valence-corrected chi connectivity index (χ0v) is 15.1. The van der Waals surface area contributed by atoms with Gasteiger partial charge in [0, 0.05) is 22.3 Å². The topological polar surface area (TPSA) is 63.6 Å². The van der Waals surface area contributed by atoms with Crippen LogP contribution in [0.3, 0.4) is 0 Å². The third-order valence-electron chi connectivity index (χ3n) is 4.08. The third kappa shape index (κ3) is 4.70. The lowest BCUT2D eigenvalue weighted by Gasteiger charge is -2.08. The van der Waals surface area contributed by atoms with Crippen molar-refractivity contribution in [1.29, 1.82) is 0 Å². The van der Waals surface area contributed by atoms with Gasteiger partial charge in [-0.05, 0) is 47.0 Å². The molecular formula is C21H20O4S. The van der Waals surface area contributed by atoms with Gasteiger partial charge in [-0.2, -0.15) is 0 Å². The van der Waals surface area contributed by atoms with E-state index in [1.807, 2.05) is 24.3 Å². The number of carboxylic acid groups (broad SMARTS) is 1. The minimum absolute atomic E-state index is 0.230. The van der Waals surface area contributed by atoms with Crippen LogP contribution < -0.4 is 4.74 Å². The number of hydrogen-bond donors (Lipinski definition) is 1. The van der Waals surface area contributed by atoms with Crippen molar-refractivity contribution in [2.45, 2.75) is 12.2 Å². The van der Waals surface area contributed by atoms with E-state index in [1.165, 1.54) is 12.1 Å². The van der Waals surface area contributed by atoms with Crippen molar-refractivity contribution in [3.8, 4) is 5.75 Å². The van der Waals surface area contributed by atoms with Crippen molar-refractivity contribution in [2.24, 2.45) is 0 Å². The molecule has 5 heteroatoms. The molecule has 0 radical (unpaired) electrons. The molecule has 0 heterocycles. The van der Waals surface area contributed by atoms with Gasteiger partial charge in [0.2, 0.25) is 0 Å². The van der Waals surface area contributed by atoms with E-state index in [0.29, 0.717) is 30.3 Å². The van der Waals surface area contributed by atoms with Crippen molar-refractivity contribution in [1.82, 2.24) is 0 Å². The Hall–Kier alpha value is -2.66. The van der Waals surface area contributed by atoms with Crippen LogP contribution in [-0.2, 0) is 16.6 Å². The number of aromatic carboxylic acids is 1. The van der Waals surface area contributed by atoms with Crippen LogP contribution in [0.4, 0.5) is 0 Å². The molecular weight excluding hydrogens is 348 g/mol. The molecule has 3 rings (SSSR count). The maximum absolute atomic E-state index is 12.4. The lowest BCUT2D eigenvalue weighted by molar-refractivity contribution is 0.0697. The number of carboxylic acids is 1. The molecule has 1 atom stereocenters. The molecule has 134 valence electrons. The fourth-order valence-electron chi connectivity index (χ4n) is 2.77. The van der Waals surface area contributed by atoms with Crippen molar-refractivity contribution in [3.05, 3.63) is 77.9 Å². The molecule has 0 bridgehead atoms. The Bertz CT molecular complexity index is 913. The number of fused-ring (bicyclic) bond motifs is 1. The summed E-state index contributed by atoms with van der Waals surface area (Å²) in [5, 5.41) is 11.2. The fourth-order valence-corrected chi connectivity index (χ4v) is 3.95. The summed E-state index contributed by atoms with van der Waals surface area (Å²) in [7, 11) is -0.952. The maximum Gasteiger partial charge on any atom is 0.335 e. The summed E-state index contributed by atoms with van der Waals surface area (Å²) < 4.78 is 18.0. The number of hydrogen-bond acceptors (Lipinski definition) is 3. The van der Waals surface area contributed by atoms with Crippen LogP contribution in [0, 0.1) is 0 Å². The largest absolute Gasteiger partial charge is 0.494 e. The molecule has 4 nitrogen and oxygen atoms in total. The van der Waals surface area contributed by atoms with Gasteiger partial charge in [-0.25, -0.2) is 4.79 Å². The van der Waals surface area contributed by atoms with Gasteiger partial charge in [-0.1, -0.05) is 42.5 Å². The van der Waals surface area contributed by atoms with E-state index in [1.54, 1.807) is 12.1 Å². The second-order valence-electron chi connectivity index (χ2n) is 5.96. The first-order chi connectivity index (χ1) is 12.6. The van der Waals surface area contributed by atoms with Gasteiger partial charge in [0.1, 0.15) is 5.75 Å². The molecule has 0 fully saturated rings. The summed E-state index contributed by atoms with van der Waals surface area (Å²) in [5.41, 5.74) is 1.33. The molecule has 0 aliphatic carbocycles. The standard InChI is InChI=1S/C21H20O4S/c22-21(23)17-9-11-19(12-10-17)25-13-4-14-26(24)15-18-7-3-6-16-5-1-2-8-20(16)18/h1-3,5-12H,4,13-15H2,(H,22,23). The fraction of sp³-hybridized carbons (Fsp3) is 0.190. The van der Waals surface area contributed by atoms with Crippen LogP contribution in [0.15, 0.2) is 66.7 Å². The minimum Gasteiger partial charge on any atom is -0.494 e. The normalized spacial score (nSPS) is 12.0. The predicted octanol–water partition coefficient (Wildman–Crippen LogP) is 4.26. The molecule has 0 amide bonds. The lowest BCUT2D eigenvalue weighted by atomic mass is 10.1. The Morgan fingerprint density at radius 1 is 0.962 bits per heavy atom. The molecule has 26 heavy (non-hydrogen) atoms. The summed E-state index contributed by atoms with van der Waals surface area (Å²) in [4.78, 5) is 10.8. The number of benzene rings is 3. The van der Waals surface area contributed by atoms with Crippen LogP contribution in [0.25, 0.3) is 10.8 Å². The summed E-state index contributed by atoms with van der Waals surface area (Å²) in [6, 6.07) is 20.5. The Morgan fingerprint density at radius 3 is 2.46 bits per heavy atom. The van der Waals surface area contributed by atoms with E-state index < -0.39 is 16.8 Å². The average Bonchev–Trinajstić information content (AvgIpc) is 2.66. The molecule has 0 saturated heterocycles. The van der Waals surface area contributed by atoms with E-state index in [-0.39, 0.29) is 5.56 Å². The molecule has 0 spiro atoms. The van der Waals surface area contributed by atoms with Crippen LogP contribution in [-0.4, -0.2) is 27.6 Å². The molecule has 0 aliphatic heterocycles.